The first-order valence-electron chi connectivity index (χ1n) is 9.31. The van der Waals surface area contributed by atoms with Crippen LogP contribution in [-0.2, 0) is 17.7 Å². The van der Waals surface area contributed by atoms with Gasteiger partial charge in [-0.25, -0.2) is 0 Å². The molecule has 0 bridgehead atoms. The van der Waals surface area contributed by atoms with Gasteiger partial charge in [-0.3, -0.25) is 4.99 Å². The molecule has 0 aliphatic carbocycles. The lowest BCUT2D eigenvalue weighted by molar-refractivity contribution is 0.0448. The van der Waals surface area contributed by atoms with Crippen molar-refractivity contribution in [3.05, 3.63) is 63.7 Å². The molecule has 1 saturated heterocycles. The summed E-state index contributed by atoms with van der Waals surface area (Å²) in [7, 11) is 0. The van der Waals surface area contributed by atoms with Gasteiger partial charge in [0.05, 0.1) is 6.54 Å². The highest BCUT2D eigenvalue weighted by molar-refractivity contribution is 6.30. The first-order valence-corrected chi connectivity index (χ1v) is 9.68. The van der Waals surface area contributed by atoms with Crippen LogP contribution >= 0.6 is 11.6 Å². The first kappa shape index (κ1) is 17.6. The summed E-state index contributed by atoms with van der Waals surface area (Å²) in [4.78, 5) is 5.03. The Morgan fingerprint density at radius 2 is 1.88 bits per heavy atom. The van der Waals surface area contributed by atoms with Crippen molar-refractivity contribution in [3.8, 4) is 0 Å². The third kappa shape index (κ3) is 3.26. The fourth-order valence-electron chi connectivity index (χ4n) is 4.13. The number of nitrogens with one attached hydrogen (secondary N) is 1. The molecule has 2 aromatic carbocycles. The molecule has 4 heteroatoms. The molecule has 3 nitrogen and oxygen atoms in total. The molecule has 2 heterocycles. The quantitative estimate of drug-likeness (QED) is 0.778. The Morgan fingerprint density at radius 3 is 2.65 bits per heavy atom. The minimum atomic E-state index is 0.0579. The van der Waals surface area contributed by atoms with E-state index in [1.807, 2.05) is 18.2 Å². The van der Waals surface area contributed by atoms with Gasteiger partial charge in [-0.2, -0.15) is 0 Å². The second-order valence-corrected chi connectivity index (χ2v) is 7.98. The molecule has 0 aromatic heterocycles. The summed E-state index contributed by atoms with van der Waals surface area (Å²) >= 11 is 6.13. The number of halogens is 1. The molecule has 2 aromatic rings. The Kier molecular flexibility index (Phi) is 4.76. The summed E-state index contributed by atoms with van der Waals surface area (Å²) in [6.45, 7) is 6.63. The predicted molar refractivity (Wildman–Crippen MR) is 108 cm³/mol. The lowest BCUT2D eigenvalue weighted by Crippen LogP contribution is -2.46. The maximum atomic E-state index is 6.13. The molecule has 1 spiro atoms. The zero-order chi connectivity index (χ0) is 18.1. The van der Waals surface area contributed by atoms with Gasteiger partial charge >= 0.3 is 0 Å². The van der Waals surface area contributed by atoms with Crippen LogP contribution in [0.15, 0.2) is 41.4 Å². The van der Waals surface area contributed by atoms with E-state index in [2.05, 4.69) is 37.4 Å². The summed E-state index contributed by atoms with van der Waals surface area (Å²) < 4.78 is 5.67. The molecule has 2 aliphatic rings. The molecule has 0 radical (unpaired) electrons. The number of hydrogen-bond donors (Lipinski definition) is 1. The zero-order valence-corrected chi connectivity index (χ0v) is 16.2. The summed E-state index contributed by atoms with van der Waals surface area (Å²) in [5.74, 6) is 1.11. The van der Waals surface area contributed by atoms with Crippen molar-refractivity contribution in [3.63, 3.8) is 0 Å². The molecule has 136 valence electrons. The third-order valence-electron chi connectivity index (χ3n) is 5.78. The zero-order valence-electron chi connectivity index (χ0n) is 15.4. The normalized spacial score (nSPS) is 20.0. The lowest BCUT2D eigenvalue weighted by Gasteiger charge is -2.43. The van der Waals surface area contributed by atoms with Crippen LogP contribution < -0.4 is 5.32 Å². The Labute approximate surface area is 160 Å². The van der Waals surface area contributed by atoms with Crippen LogP contribution in [0.4, 0.5) is 5.69 Å². The van der Waals surface area contributed by atoms with E-state index in [1.165, 1.54) is 22.4 Å². The average Bonchev–Trinajstić information content (AvgIpc) is 2.64. The van der Waals surface area contributed by atoms with E-state index >= 15 is 0 Å². The van der Waals surface area contributed by atoms with Crippen molar-refractivity contribution in [2.45, 2.75) is 39.7 Å². The van der Waals surface area contributed by atoms with E-state index < -0.39 is 0 Å². The van der Waals surface area contributed by atoms with E-state index in [4.69, 9.17) is 21.3 Å². The molecular formula is C22H25ClN2O. The van der Waals surface area contributed by atoms with Crippen LogP contribution in [0, 0.1) is 19.3 Å². The highest BCUT2D eigenvalue weighted by Crippen LogP contribution is 2.43. The molecule has 1 fully saturated rings. The number of amidine groups is 1. The van der Waals surface area contributed by atoms with Gasteiger partial charge in [0.1, 0.15) is 5.84 Å². The van der Waals surface area contributed by atoms with Crippen LogP contribution in [-0.4, -0.2) is 19.0 Å². The number of aryl methyl sites for hydroxylation is 2. The minimum absolute atomic E-state index is 0.0579. The fraction of sp³-hybridized carbons (Fsp3) is 0.409. The first-order chi connectivity index (χ1) is 12.6. The van der Waals surface area contributed by atoms with Gasteiger partial charge in [0.25, 0.3) is 0 Å². The molecular weight excluding hydrogens is 344 g/mol. The fourth-order valence-corrected chi connectivity index (χ4v) is 4.35. The van der Waals surface area contributed by atoms with E-state index in [0.29, 0.717) is 6.54 Å². The van der Waals surface area contributed by atoms with Crippen molar-refractivity contribution in [1.82, 2.24) is 0 Å². The smallest absolute Gasteiger partial charge is 0.108 e. The SMILES string of the molecule is Cc1ccc(C)c2c1CC1(CCOCC1)C(=NCc1cccc(Cl)c1)N2. The second-order valence-electron chi connectivity index (χ2n) is 7.54. The molecule has 0 saturated carbocycles. The highest BCUT2D eigenvalue weighted by Gasteiger charge is 2.42. The maximum Gasteiger partial charge on any atom is 0.108 e. The van der Waals surface area contributed by atoms with Gasteiger partial charge in [0, 0.05) is 29.3 Å². The van der Waals surface area contributed by atoms with Gasteiger partial charge in [0.15, 0.2) is 0 Å². The standard InChI is InChI=1S/C22H25ClN2O/c1-15-6-7-16(2)20-19(15)13-22(8-10-26-11-9-22)21(25-20)24-14-17-4-3-5-18(23)12-17/h3-7,12H,8-11,13-14H2,1-2H3,(H,24,25). The van der Waals surface area contributed by atoms with Crippen molar-refractivity contribution < 1.29 is 4.74 Å². The summed E-state index contributed by atoms with van der Waals surface area (Å²) in [5, 5.41) is 4.47. The number of fused-ring (bicyclic) bond motifs is 1. The number of nitrogens with zero attached hydrogens (tertiary/aromatic N) is 1. The van der Waals surface area contributed by atoms with Gasteiger partial charge in [-0.05, 0) is 67.5 Å². The highest BCUT2D eigenvalue weighted by atomic mass is 35.5. The molecule has 2 aliphatic heterocycles. The monoisotopic (exact) mass is 368 g/mol. The van der Waals surface area contributed by atoms with Crippen LogP contribution in [0.2, 0.25) is 5.02 Å². The maximum absolute atomic E-state index is 6.13. The minimum Gasteiger partial charge on any atom is -0.381 e. The number of hydrogen-bond acceptors (Lipinski definition) is 2. The molecule has 26 heavy (non-hydrogen) atoms. The largest absolute Gasteiger partial charge is 0.381 e. The number of aliphatic imine (C=N–C) groups is 1. The average molecular weight is 369 g/mol. The second kappa shape index (κ2) is 7.05. The Morgan fingerprint density at radius 1 is 1.12 bits per heavy atom. The number of rotatable bonds is 2. The van der Waals surface area contributed by atoms with Crippen molar-refractivity contribution in [2.24, 2.45) is 10.4 Å². The van der Waals surface area contributed by atoms with E-state index in [0.717, 1.165) is 48.9 Å². The molecule has 0 atom stereocenters. The molecule has 0 amide bonds. The van der Waals surface area contributed by atoms with Crippen LogP contribution in [0.3, 0.4) is 0 Å². The summed E-state index contributed by atoms with van der Waals surface area (Å²) in [5.41, 5.74) is 6.52. The van der Waals surface area contributed by atoms with E-state index in [9.17, 15) is 0 Å². The van der Waals surface area contributed by atoms with Gasteiger partial charge in [0.2, 0.25) is 0 Å². The van der Waals surface area contributed by atoms with E-state index in [1.54, 1.807) is 0 Å². The van der Waals surface area contributed by atoms with Crippen molar-refractivity contribution in [2.75, 3.05) is 18.5 Å². The Hall–Kier alpha value is -1.84. The molecule has 0 unspecified atom stereocenters. The summed E-state index contributed by atoms with van der Waals surface area (Å²) in [6, 6.07) is 12.4. The molecule has 4 rings (SSSR count). The van der Waals surface area contributed by atoms with Crippen LogP contribution in [0.1, 0.15) is 35.1 Å². The van der Waals surface area contributed by atoms with Crippen molar-refractivity contribution in [1.29, 1.82) is 0 Å². The third-order valence-corrected chi connectivity index (χ3v) is 6.01. The van der Waals surface area contributed by atoms with E-state index in [-0.39, 0.29) is 5.41 Å². The predicted octanol–water partition coefficient (Wildman–Crippen LogP) is 5.32. The van der Waals surface area contributed by atoms with Crippen LogP contribution in [0.25, 0.3) is 0 Å². The Balaban J connectivity index is 1.72. The van der Waals surface area contributed by atoms with Gasteiger partial charge in [-0.15, -0.1) is 0 Å². The summed E-state index contributed by atoms with van der Waals surface area (Å²) in [6.07, 6.45) is 3.07. The Bertz CT molecular complexity index is 853. The van der Waals surface area contributed by atoms with Crippen molar-refractivity contribution >= 4 is 23.1 Å². The number of anilines is 1. The lowest BCUT2D eigenvalue weighted by atomic mass is 9.70. The van der Waals surface area contributed by atoms with Gasteiger partial charge in [-0.1, -0.05) is 35.9 Å². The number of ether oxygens (including phenoxy) is 1. The van der Waals surface area contributed by atoms with Crippen LogP contribution in [0.5, 0.6) is 0 Å². The topological polar surface area (TPSA) is 33.6 Å². The van der Waals surface area contributed by atoms with Gasteiger partial charge < -0.3 is 10.1 Å². The molecule has 1 N–H and O–H groups in total. The number of benzene rings is 2.